The third kappa shape index (κ3) is 4.61. The lowest BCUT2D eigenvalue weighted by molar-refractivity contribution is -0.116. The van der Waals surface area contributed by atoms with E-state index in [1.54, 1.807) is 37.3 Å². The molecule has 0 spiro atoms. The van der Waals surface area contributed by atoms with Crippen LogP contribution >= 0.6 is 15.9 Å². The van der Waals surface area contributed by atoms with Gasteiger partial charge in [0, 0.05) is 4.47 Å². The molecule has 134 valence electrons. The zero-order chi connectivity index (χ0) is 18.8. The lowest BCUT2D eigenvalue weighted by atomic mass is 10.1. The first-order chi connectivity index (χ1) is 11.6. The number of hydrogen-bond acceptors (Lipinski definition) is 3. The molecule has 0 heterocycles. The predicted molar refractivity (Wildman–Crippen MR) is 105 cm³/mol. The van der Waals surface area contributed by atoms with Crippen molar-refractivity contribution in [2.24, 2.45) is 0 Å². The summed E-state index contributed by atoms with van der Waals surface area (Å²) in [6.07, 6.45) is 1.10. The highest BCUT2D eigenvalue weighted by molar-refractivity contribution is 9.10. The Morgan fingerprint density at radius 1 is 1.12 bits per heavy atom. The second-order valence-electron chi connectivity index (χ2n) is 5.97. The Kier molecular flexibility index (Phi) is 5.90. The molecule has 0 aromatic heterocycles. The molecule has 7 heteroatoms. The maximum Gasteiger partial charge on any atom is 0.248 e. The number of nitrogens with zero attached hydrogens (tertiary/aromatic N) is 1. The number of para-hydroxylation sites is 1. The molecule has 5 nitrogen and oxygen atoms in total. The summed E-state index contributed by atoms with van der Waals surface area (Å²) < 4.78 is 26.5. The molecule has 0 fully saturated rings. The van der Waals surface area contributed by atoms with Gasteiger partial charge < -0.3 is 5.32 Å². The first-order valence-corrected chi connectivity index (χ1v) is 10.4. The molecule has 0 unspecified atom stereocenters. The van der Waals surface area contributed by atoms with E-state index in [2.05, 4.69) is 21.2 Å². The maximum atomic E-state index is 12.6. The summed E-state index contributed by atoms with van der Waals surface area (Å²) in [5.74, 6) is -0.407. The van der Waals surface area contributed by atoms with Crippen molar-refractivity contribution in [2.45, 2.75) is 26.8 Å². The standard InChI is InChI=1S/C18H21BrN2O3S/c1-12-9-10-15(11-13(12)2)21(25(4,23)24)14(3)18(22)20-17-8-6-5-7-16(17)19/h5-11,14H,1-4H3,(H,20,22)/t14-/m0/s1. The normalized spacial score (nSPS) is 12.5. The second-order valence-corrected chi connectivity index (χ2v) is 8.69. The molecule has 0 aliphatic heterocycles. The monoisotopic (exact) mass is 424 g/mol. The van der Waals surface area contributed by atoms with E-state index < -0.39 is 22.0 Å². The van der Waals surface area contributed by atoms with Crippen LogP contribution in [0.15, 0.2) is 46.9 Å². The quantitative estimate of drug-likeness (QED) is 0.791. The summed E-state index contributed by atoms with van der Waals surface area (Å²) in [5, 5.41) is 2.77. The lowest BCUT2D eigenvalue weighted by Crippen LogP contribution is -2.45. The fraction of sp³-hybridized carbons (Fsp3) is 0.278. The van der Waals surface area contributed by atoms with Gasteiger partial charge in [-0.05, 0) is 72.1 Å². The molecule has 0 bridgehead atoms. The molecule has 1 atom stereocenters. The smallest absolute Gasteiger partial charge is 0.248 e. The van der Waals surface area contributed by atoms with Gasteiger partial charge in [-0.15, -0.1) is 0 Å². The van der Waals surface area contributed by atoms with E-state index in [-0.39, 0.29) is 0 Å². The molecule has 2 aromatic carbocycles. The van der Waals surface area contributed by atoms with Crippen molar-refractivity contribution < 1.29 is 13.2 Å². The fourth-order valence-corrected chi connectivity index (χ4v) is 4.02. The highest BCUT2D eigenvalue weighted by atomic mass is 79.9. The number of aryl methyl sites for hydroxylation is 2. The summed E-state index contributed by atoms with van der Waals surface area (Å²) in [4.78, 5) is 12.6. The van der Waals surface area contributed by atoms with Gasteiger partial charge in [-0.2, -0.15) is 0 Å². The Morgan fingerprint density at radius 2 is 1.76 bits per heavy atom. The van der Waals surface area contributed by atoms with Crippen LogP contribution in [0.5, 0.6) is 0 Å². The van der Waals surface area contributed by atoms with Crippen LogP contribution in [0.25, 0.3) is 0 Å². The molecule has 0 aliphatic rings. The summed E-state index contributed by atoms with van der Waals surface area (Å²) in [6.45, 7) is 5.43. The molecule has 25 heavy (non-hydrogen) atoms. The number of halogens is 1. The molecule has 0 aliphatic carbocycles. The Labute approximate surface area is 157 Å². The third-order valence-corrected chi connectivity index (χ3v) is 5.90. The minimum absolute atomic E-state index is 0.407. The van der Waals surface area contributed by atoms with Crippen LogP contribution in [-0.2, 0) is 14.8 Å². The van der Waals surface area contributed by atoms with Gasteiger partial charge >= 0.3 is 0 Å². The lowest BCUT2D eigenvalue weighted by Gasteiger charge is -2.28. The van der Waals surface area contributed by atoms with E-state index in [0.29, 0.717) is 11.4 Å². The van der Waals surface area contributed by atoms with Crippen molar-refractivity contribution >= 4 is 43.2 Å². The van der Waals surface area contributed by atoms with Gasteiger partial charge in [-0.1, -0.05) is 18.2 Å². The van der Waals surface area contributed by atoms with Gasteiger partial charge in [-0.3, -0.25) is 9.10 Å². The van der Waals surface area contributed by atoms with Crippen LogP contribution in [0, 0.1) is 13.8 Å². The topological polar surface area (TPSA) is 66.5 Å². The van der Waals surface area contributed by atoms with Gasteiger partial charge in [0.05, 0.1) is 17.6 Å². The minimum atomic E-state index is -3.63. The number of rotatable bonds is 5. The van der Waals surface area contributed by atoms with Crippen LogP contribution in [0.3, 0.4) is 0 Å². The van der Waals surface area contributed by atoms with Gasteiger partial charge in [0.15, 0.2) is 0 Å². The Morgan fingerprint density at radius 3 is 2.32 bits per heavy atom. The van der Waals surface area contributed by atoms with Gasteiger partial charge in [0.1, 0.15) is 6.04 Å². The van der Waals surface area contributed by atoms with Crippen LogP contribution < -0.4 is 9.62 Å². The highest BCUT2D eigenvalue weighted by Crippen LogP contribution is 2.26. The number of anilines is 2. The average molecular weight is 425 g/mol. The summed E-state index contributed by atoms with van der Waals surface area (Å²) in [5.41, 5.74) is 3.08. The van der Waals surface area contributed by atoms with Crippen LogP contribution in [0.4, 0.5) is 11.4 Å². The van der Waals surface area contributed by atoms with Crippen molar-refractivity contribution in [3.8, 4) is 0 Å². The summed E-state index contributed by atoms with van der Waals surface area (Å²) >= 11 is 3.37. The Hall–Kier alpha value is -1.86. The molecule has 0 radical (unpaired) electrons. The van der Waals surface area contributed by atoms with E-state index in [1.807, 2.05) is 26.0 Å². The summed E-state index contributed by atoms with van der Waals surface area (Å²) in [6, 6.07) is 11.6. The molecule has 0 saturated carbocycles. The molecule has 2 aromatic rings. The van der Waals surface area contributed by atoms with E-state index in [0.717, 1.165) is 26.2 Å². The zero-order valence-corrected chi connectivity index (χ0v) is 17.0. The molecular formula is C18H21BrN2O3S. The molecule has 0 saturated heterocycles. The first kappa shape index (κ1) is 19.5. The maximum absolute atomic E-state index is 12.6. The highest BCUT2D eigenvalue weighted by Gasteiger charge is 2.29. The van der Waals surface area contributed by atoms with Crippen LogP contribution in [0.2, 0.25) is 0 Å². The van der Waals surface area contributed by atoms with Crippen LogP contribution in [0.1, 0.15) is 18.1 Å². The fourth-order valence-electron chi connectivity index (χ4n) is 2.47. The molecular weight excluding hydrogens is 404 g/mol. The third-order valence-electron chi connectivity index (χ3n) is 3.97. The number of carbonyl (C=O) groups excluding carboxylic acids is 1. The van der Waals surface area contributed by atoms with Gasteiger partial charge in [-0.25, -0.2) is 8.42 Å². The zero-order valence-electron chi connectivity index (χ0n) is 14.6. The SMILES string of the molecule is Cc1ccc(N([C@@H](C)C(=O)Nc2ccccc2Br)S(C)(=O)=O)cc1C. The number of nitrogens with one attached hydrogen (secondary N) is 1. The minimum Gasteiger partial charge on any atom is -0.323 e. The van der Waals surface area contributed by atoms with E-state index in [1.165, 1.54) is 0 Å². The number of amides is 1. The Bertz CT molecular complexity index is 897. The van der Waals surface area contributed by atoms with E-state index >= 15 is 0 Å². The summed E-state index contributed by atoms with van der Waals surface area (Å²) in [7, 11) is -3.63. The molecule has 2 rings (SSSR count). The number of sulfonamides is 1. The van der Waals surface area contributed by atoms with Crippen LogP contribution in [-0.4, -0.2) is 26.6 Å². The predicted octanol–water partition coefficient (Wildman–Crippen LogP) is 3.86. The van der Waals surface area contributed by atoms with Crippen molar-refractivity contribution in [1.29, 1.82) is 0 Å². The van der Waals surface area contributed by atoms with Crippen molar-refractivity contribution in [3.05, 3.63) is 58.1 Å². The molecule has 1 N–H and O–H groups in total. The largest absolute Gasteiger partial charge is 0.323 e. The Balaban J connectivity index is 2.36. The van der Waals surface area contributed by atoms with E-state index in [4.69, 9.17) is 0 Å². The van der Waals surface area contributed by atoms with Crippen molar-refractivity contribution in [1.82, 2.24) is 0 Å². The second kappa shape index (κ2) is 7.58. The van der Waals surface area contributed by atoms with Gasteiger partial charge in [0.2, 0.25) is 15.9 Å². The van der Waals surface area contributed by atoms with E-state index in [9.17, 15) is 13.2 Å². The van der Waals surface area contributed by atoms with Crippen molar-refractivity contribution in [3.63, 3.8) is 0 Å². The van der Waals surface area contributed by atoms with Crippen molar-refractivity contribution in [2.75, 3.05) is 15.9 Å². The number of benzene rings is 2. The number of carbonyl (C=O) groups is 1. The first-order valence-electron chi connectivity index (χ1n) is 7.73. The number of hydrogen-bond donors (Lipinski definition) is 1. The average Bonchev–Trinajstić information content (AvgIpc) is 2.51. The van der Waals surface area contributed by atoms with Gasteiger partial charge in [0.25, 0.3) is 0 Å². The molecule has 1 amide bonds.